The zero-order valence-corrected chi connectivity index (χ0v) is 9.11. The van der Waals surface area contributed by atoms with Gasteiger partial charge in [-0.1, -0.05) is 18.2 Å². The second kappa shape index (κ2) is 4.95. The fraction of sp³-hybridized carbons (Fsp3) is 0.333. The Balaban J connectivity index is 1.93. The number of ether oxygens (including phenoxy) is 1. The summed E-state index contributed by atoms with van der Waals surface area (Å²) in [6.45, 7) is 0.323. The Morgan fingerprint density at radius 3 is 2.88 bits per heavy atom. The molecule has 0 radical (unpaired) electrons. The summed E-state index contributed by atoms with van der Waals surface area (Å²) in [4.78, 5) is 22.7. The van der Waals surface area contributed by atoms with Crippen molar-refractivity contribution in [1.82, 2.24) is 5.32 Å². The first-order valence-electron chi connectivity index (χ1n) is 5.36. The number of carbonyl (C=O) groups excluding carboxylic acids is 2. The molecular weight excluding hydrogens is 225 g/mol. The Hall–Kier alpha value is -1.91. The van der Waals surface area contributed by atoms with Gasteiger partial charge in [0.25, 0.3) is 0 Å². The lowest BCUT2D eigenvalue weighted by molar-refractivity contribution is -0.141. The Kier molecular flexibility index (Phi) is 3.37. The van der Waals surface area contributed by atoms with Gasteiger partial charge in [0.1, 0.15) is 11.9 Å². The monoisotopic (exact) mass is 237 g/mol. The normalized spacial score (nSPS) is 18.9. The first-order chi connectivity index (χ1) is 8.16. The van der Waals surface area contributed by atoms with E-state index in [2.05, 4.69) is 5.32 Å². The van der Waals surface area contributed by atoms with E-state index in [4.69, 9.17) is 4.74 Å². The van der Waals surface area contributed by atoms with E-state index in [0.717, 1.165) is 0 Å². The van der Waals surface area contributed by atoms with Gasteiger partial charge in [-0.3, -0.25) is 4.79 Å². The van der Waals surface area contributed by atoms with Gasteiger partial charge in [0.05, 0.1) is 13.0 Å². The highest BCUT2D eigenvalue weighted by atomic mass is 19.1. The maximum absolute atomic E-state index is 13.3. The van der Waals surface area contributed by atoms with Crippen LogP contribution >= 0.6 is 0 Å². The number of hydrogen-bond acceptors (Lipinski definition) is 3. The lowest BCUT2D eigenvalue weighted by Crippen LogP contribution is -2.38. The van der Waals surface area contributed by atoms with E-state index in [1.54, 1.807) is 18.2 Å². The van der Waals surface area contributed by atoms with Crippen molar-refractivity contribution >= 4 is 11.9 Å². The molecule has 1 atom stereocenters. The molecule has 1 fully saturated rings. The minimum absolute atomic E-state index is 0.0730. The van der Waals surface area contributed by atoms with E-state index in [-0.39, 0.29) is 12.3 Å². The summed E-state index contributed by atoms with van der Waals surface area (Å²) in [6.07, 6.45) is 0.401. The summed E-state index contributed by atoms with van der Waals surface area (Å²) in [5.41, 5.74) is 0.316. The molecule has 1 aliphatic rings. The maximum Gasteiger partial charge on any atom is 0.328 e. The van der Waals surface area contributed by atoms with E-state index in [1.165, 1.54) is 6.07 Å². The SMILES string of the molecule is O=C(Cc1ccccc1F)N[C@H]1CCOC1=O. The third-order valence-corrected chi connectivity index (χ3v) is 2.58. The molecule has 1 saturated heterocycles. The molecule has 0 spiro atoms. The van der Waals surface area contributed by atoms with E-state index in [0.29, 0.717) is 18.6 Å². The van der Waals surface area contributed by atoms with Gasteiger partial charge >= 0.3 is 5.97 Å². The van der Waals surface area contributed by atoms with Crippen LogP contribution in [0.25, 0.3) is 0 Å². The smallest absolute Gasteiger partial charge is 0.328 e. The molecule has 1 aromatic rings. The highest BCUT2D eigenvalue weighted by Crippen LogP contribution is 2.09. The number of carbonyl (C=O) groups is 2. The van der Waals surface area contributed by atoms with E-state index in [9.17, 15) is 14.0 Å². The fourth-order valence-electron chi connectivity index (χ4n) is 1.69. The number of nitrogens with one attached hydrogen (secondary N) is 1. The average Bonchev–Trinajstić information content (AvgIpc) is 2.68. The van der Waals surface area contributed by atoms with Crippen molar-refractivity contribution in [2.45, 2.75) is 18.9 Å². The standard InChI is InChI=1S/C12H12FNO3/c13-9-4-2-1-3-8(9)7-11(15)14-10-5-6-17-12(10)16/h1-4,10H,5-7H2,(H,14,15)/t10-/m0/s1. The van der Waals surface area contributed by atoms with Crippen molar-refractivity contribution in [2.24, 2.45) is 0 Å². The molecule has 1 N–H and O–H groups in total. The van der Waals surface area contributed by atoms with Crippen molar-refractivity contribution in [2.75, 3.05) is 6.61 Å². The van der Waals surface area contributed by atoms with Crippen molar-refractivity contribution in [3.63, 3.8) is 0 Å². The van der Waals surface area contributed by atoms with Crippen molar-refractivity contribution in [1.29, 1.82) is 0 Å². The van der Waals surface area contributed by atoms with Crippen LogP contribution in [-0.2, 0) is 20.7 Å². The van der Waals surface area contributed by atoms with Gasteiger partial charge in [0.2, 0.25) is 5.91 Å². The molecule has 1 aromatic carbocycles. The summed E-state index contributed by atoms with van der Waals surface area (Å²) in [5, 5.41) is 2.52. The zero-order valence-electron chi connectivity index (χ0n) is 9.11. The van der Waals surface area contributed by atoms with Gasteiger partial charge in [0, 0.05) is 6.42 Å². The zero-order chi connectivity index (χ0) is 12.3. The van der Waals surface area contributed by atoms with Crippen LogP contribution in [0, 0.1) is 5.82 Å². The van der Waals surface area contributed by atoms with E-state index in [1.807, 2.05) is 0 Å². The summed E-state index contributed by atoms with van der Waals surface area (Å²) in [7, 11) is 0. The van der Waals surface area contributed by atoms with Crippen LogP contribution in [0.15, 0.2) is 24.3 Å². The van der Waals surface area contributed by atoms with Crippen molar-refractivity contribution in [3.8, 4) is 0 Å². The van der Waals surface area contributed by atoms with Gasteiger partial charge in [-0.15, -0.1) is 0 Å². The maximum atomic E-state index is 13.3. The van der Waals surface area contributed by atoms with Crippen LogP contribution < -0.4 is 5.32 Å². The number of hydrogen-bond donors (Lipinski definition) is 1. The molecule has 4 nitrogen and oxygen atoms in total. The molecule has 17 heavy (non-hydrogen) atoms. The van der Waals surface area contributed by atoms with Crippen molar-refractivity contribution < 1.29 is 18.7 Å². The van der Waals surface area contributed by atoms with Gasteiger partial charge in [-0.05, 0) is 11.6 Å². The van der Waals surface area contributed by atoms with Crippen molar-refractivity contribution in [3.05, 3.63) is 35.6 Å². The molecule has 90 valence electrons. The van der Waals surface area contributed by atoms with Crippen LogP contribution in [-0.4, -0.2) is 24.5 Å². The molecule has 0 aliphatic carbocycles. The third-order valence-electron chi connectivity index (χ3n) is 2.58. The number of amides is 1. The minimum atomic E-state index is -0.589. The Morgan fingerprint density at radius 1 is 1.47 bits per heavy atom. The molecule has 0 saturated carbocycles. The topological polar surface area (TPSA) is 55.4 Å². The van der Waals surface area contributed by atoms with Gasteiger partial charge in [-0.2, -0.15) is 0 Å². The highest BCUT2D eigenvalue weighted by molar-refractivity contribution is 5.86. The average molecular weight is 237 g/mol. The molecule has 1 heterocycles. The molecule has 0 unspecified atom stereocenters. The predicted molar refractivity (Wildman–Crippen MR) is 57.6 cm³/mol. The lowest BCUT2D eigenvalue weighted by atomic mass is 10.1. The summed E-state index contributed by atoms with van der Waals surface area (Å²) in [5.74, 6) is -1.22. The number of cyclic esters (lactones) is 1. The van der Waals surface area contributed by atoms with E-state index >= 15 is 0 Å². The minimum Gasteiger partial charge on any atom is -0.464 e. The van der Waals surface area contributed by atoms with Crippen LogP contribution in [0.2, 0.25) is 0 Å². The quantitative estimate of drug-likeness (QED) is 0.791. The van der Waals surface area contributed by atoms with Gasteiger partial charge < -0.3 is 10.1 Å². The summed E-state index contributed by atoms with van der Waals surface area (Å²) < 4.78 is 18.0. The molecule has 0 aromatic heterocycles. The second-order valence-corrected chi connectivity index (χ2v) is 3.84. The molecule has 1 amide bonds. The number of esters is 1. The predicted octanol–water partition coefficient (Wildman–Crippen LogP) is 0.800. The van der Waals surface area contributed by atoms with Crippen LogP contribution in [0.5, 0.6) is 0 Å². The molecule has 0 bridgehead atoms. The van der Waals surface area contributed by atoms with Gasteiger partial charge in [-0.25, -0.2) is 9.18 Å². The summed E-state index contributed by atoms with van der Waals surface area (Å²) in [6, 6.07) is 5.48. The molecule has 2 rings (SSSR count). The number of rotatable bonds is 3. The Bertz CT molecular complexity index is 447. The second-order valence-electron chi connectivity index (χ2n) is 3.84. The van der Waals surface area contributed by atoms with Gasteiger partial charge in [0.15, 0.2) is 0 Å². The highest BCUT2D eigenvalue weighted by Gasteiger charge is 2.27. The van der Waals surface area contributed by atoms with Crippen LogP contribution in [0.4, 0.5) is 4.39 Å². The summed E-state index contributed by atoms with van der Waals surface area (Å²) >= 11 is 0. The first kappa shape index (κ1) is 11.6. The largest absolute Gasteiger partial charge is 0.464 e. The van der Waals surface area contributed by atoms with E-state index < -0.39 is 17.8 Å². The first-order valence-corrected chi connectivity index (χ1v) is 5.36. The third kappa shape index (κ3) is 2.81. The molecule has 1 aliphatic heterocycles. The Morgan fingerprint density at radius 2 is 2.24 bits per heavy atom. The number of benzene rings is 1. The van der Waals surface area contributed by atoms with Crippen LogP contribution in [0.1, 0.15) is 12.0 Å². The fourth-order valence-corrected chi connectivity index (χ4v) is 1.69. The molecule has 5 heteroatoms. The lowest BCUT2D eigenvalue weighted by Gasteiger charge is -2.09. The number of halogens is 1. The molecular formula is C12H12FNO3. The Labute approximate surface area is 97.8 Å². The van der Waals surface area contributed by atoms with Crippen LogP contribution in [0.3, 0.4) is 0 Å².